The first kappa shape index (κ1) is 12.9. The number of aryl methyl sites for hydroxylation is 1. The van der Waals surface area contributed by atoms with Gasteiger partial charge >= 0.3 is 0 Å². The third kappa shape index (κ3) is 3.17. The number of nitrogens with zero attached hydrogens (tertiary/aromatic N) is 1. The van der Waals surface area contributed by atoms with Crippen LogP contribution >= 0.6 is 15.9 Å². The highest BCUT2D eigenvalue weighted by molar-refractivity contribution is 9.10. The summed E-state index contributed by atoms with van der Waals surface area (Å²) in [5.74, 6) is 0. The Kier molecular flexibility index (Phi) is 4.69. The molecule has 0 aromatic carbocycles. The largest absolute Gasteiger partial charge is 0.241 e. The smallest absolute Gasteiger partial charge is 0.106 e. The molecule has 0 bridgehead atoms. The molecule has 0 aliphatic heterocycles. The number of aromatic nitrogens is 1. The van der Waals surface area contributed by atoms with Crippen LogP contribution in [0.5, 0.6) is 0 Å². The van der Waals surface area contributed by atoms with E-state index in [1.807, 2.05) is 18.2 Å². The molecular formula is C14H16BrN. The third-order valence-corrected chi connectivity index (χ3v) is 2.70. The van der Waals surface area contributed by atoms with Gasteiger partial charge in [0.05, 0.1) is 5.69 Å². The van der Waals surface area contributed by atoms with Gasteiger partial charge in [-0.05, 0) is 53.9 Å². The zero-order valence-corrected chi connectivity index (χ0v) is 11.5. The molecule has 0 aliphatic rings. The lowest BCUT2D eigenvalue weighted by Crippen LogP contribution is -1.94. The highest BCUT2D eigenvalue weighted by Crippen LogP contribution is 2.23. The molecule has 0 spiro atoms. The number of hydrogen-bond acceptors (Lipinski definition) is 1. The Balaban J connectivity index is 3.33. The van der Waals surface area contributed by atoms with Gasteiger partial charge in [0.2, 0.25) is 0 Å². The van der Waals surface area contributed by atoms with E-state index < -0.39 is 0 Å². The molecule has 1 nitrogen and oxygen atoms in total. The predicted octanol–water partition coefficient (Wildman–Crippen LogP) is 4.69. The van der Waals surface area contributed by atoms with E-state index in [-0.39, 0.29) is 0 Å². The van der Waals surface area contributed by atoms with Gasteiger partial charge in [0.15, 0.2) is 0 Å². The highest BCUT2D eigenvalue weighted by Gasteiger charge is 2.06. The molecule has 1 aromatic rings. The van der Waals surface area contributed by atoms with Crippen molar-refractivity contribution in [1.82, 2.24) is 4.98 Å². The quantitative estimate of drug-likeness (QED) is 0.577. The van der Waals surface area contributed by atoms with Crippen LogP contribution in [-0.4, -0.2) is 4.98 Å². The summed E-state index contributed by atoms with van der Waals surface area (Å²) in [6.45, 7) is 9.93. The minimum atomic E-state index is 0.860. The normalized spacial score (nSPS) is 10.5. The second kappa shape index (κ2) is 5.80. The van der Waals surface area contributed by atoms with Crippen LogP contribution in [0.3, 0.4) is 0 Å². The molecule has 2 heteroatoms. The number of allylic oxidation sites excluding steroid dienone is 5. The van der Waals surface area contributed by atoms with Crippen molar-refractivity contribution in [3.63, 3.8) is 0 Å². The maximum atomic E-state index is 4.52. The summed E-state index contributed by atoms with van der Waals surface area (Å²) >= 11 is 3.40. The maximum Gasteiger partial charge on any atom is 0.106 e. The highest BCUT2D eigenvalue weighted by atomic mass is 79.9. The fraction of sp³-hybridized carbons (Fsp3) is 0.214. The van der Waals surface area contributed by atoms with Gasteiger partial charge in [-0.1, -0.05) is 36.4 Å². The molecule has 1 aromatic heterocycles. The van der Waals surface area contributed by atoms with Crippen LogP contribution in [0.1, 0.15) is 25.1 Å². The molecule has 16 heavy (non-hydrogen) atoms. The zero-order valence-electron chi connectivity index (χ0n) is 9.92. The van der Waals surface area contributed by atoms with Crippen LogP contribution in [0.25, 0.3) is 5.57 Å². The molecule has 0 amide bonds. The summed E-state index contributed by atoms with van der Waals surface area (Å²) in [4.78, 5) is 4.52. The zero-order chi connectivity index (χ0) is 12.1. The van der Waals surface area contributed by atoms with Gasteiger partial charge in [-0.15, -0.1) is 0 Å². The van der Waals surface area contributed by atoms with Crippen LogP contribution in [0.2, 0.25) is 0 Å². The van der Waals surface area contributed by atoms with Gasteiger partial charge in [-0.25, -0.2) is 4.98 Å². The molecule has 0 saturated carbocycles. The Bertz CT molecular complexity index is 452. The topological polar surface area (TPSA) is 12.9 Å². The molecule has 0 saturated heterocycles. The minimum Gasteiger partial charge on any atom is -0.241 e. The van der Waals surface area contributed by atoms with Gasteiger partial charge in [-0.2, -0.15) is 0 Å². The van der Waals surface area contributed by atoms with E-state index in [9.17, 15) is 0 Å². The second-order valence-electron chi connectivity index (χ2n) is 3.81. The van der Waals surface area contributed by atoms with E-state index in [2.05, 4.69) is 54.3 Å². The Morgan fingerprint density at radius 3 is 2.62 bits per heavy atom. The summed E-state index contributed by atoms with van der Waals surface area (Å²) < 4.78 is 0.860. The fourth-order valence-corrected chi connectivity index (χ4v) is 1.73. The van der Waals surface area contributed by atoms with Gasteiger partial charge in [0.25, 0.3) is 0 Å². The number of hydrogen-bond donors (Lipinski definition) is 0. The first-order chi connectivity index (χ1) is 7.56. The van der Waals surface area contributed by atoms with Crippen LogP contribution in [-0.2, 0) is 0 Å². The Morgan fingerprint density at radius 1 is 1.38 bits per heavy atom. The summed E-state index contributed by atoms with van der Waals surface area (Å²) in [5.41, 5.74) is 4.59. The number of pyridine rings is 1. The first-order valence-electron chi connectivity index (χ1n) is 5.16. The van der Waals surface area contributed by atoms with Gasteiger partial charge < -0.3 is 0 Å². The van der Waals surface area contributed by atoms with E-state index in [1.165, 1.54) is 11.1 Å². The molecular weight excluding hydrogens is 262 g/mol. The Morgan fingerprint density at radius 2 is 2.06 bits per heavy atom. The van der Waals surface area contributed by atoms with E-state index in [0.29, 0.717) is 0 Å². The standard InChI is InChI=1S/C14H16BrN/c1-5-6-7-12(10(2)3)14-11(4)8-9-13(15)16-14/h5-9H,1H2,2-4H3/b7-6-. The van der Waals surface area contributed by atoms with Crippen molar-refractivity contribution >= 4 is 21.5 Å². The Labute approximate surface area is 106 Å². The van der Waals surface area contributed by atoms with Crippen molar-refractivity contribution < 1.29 is 0 Å². The predicted molar refractivity (Wildman–Crippen MR) is 74.3 cm³/mol. The average molecular weight is 278 g/mol. The van der Waals surface area contributed by atoms with Gasteiger partial charge in [-0.3, -0.25) is 0 Å². The van der Waals surface area contributed by atoms with Crippen molar-refractivity contribution in [3.8, 4) is 0 Å². The van der Waals surface area contributed by atoms with Crippen molar-refractivity contribution in [3.05, 3.63) is 58.4 Å². The lowest BCUT2D eigenvalue weighted by Gasteiger charge is -2.08. The van der Waals surface area contributed by atoms with E-state index in [4.69, 9.17) is 0 Å². The van der Waals surface area contributed by atoms with Crippen molar-refractivity contribution in [2.45, 2.75) is 20.8 Å². The fourth-order valence-electron chi connectivity index (χ4n) is 1.42. The summed E-state index contributed by atoms with van der Waals surface area (Å²) in [6.07, 6.45) is 5.75. The molecule has 0 aliphatic carbocycles. The van der Waals surface area contributed by atoms with E-state index >= 15 is 0 Å². The average Bonchev–Trinajstić information content (AvgIpc) is 2.23. The van der Waals surface area contributed by atoms with E-state index in [1.54, 1.807) is 6.08 Å². The molecule has 1 rings (SSSR count). The minimum absolute atomic E-state index is 0.860. The Hall–Kier alpha value is -1.15. The molecule has 0 N–H and O–H groups in total. The summed E-state index contributed by atoms with van der Waals surface area (Å²) in [7, 11) is 0. The van der Waals surface area contributed by atoms with Crippen molar-refractivity contribution in [1.29, 1.82) is 0 Å². The van der Waals surface area contributed by atoms with Gasteiger partial charge in [0.1, 0.15) is 4.60 Å². The lowest BCUT2D eigenvalue weighted by molar-refractivity contribution is 1.18. The third-order valence-electron chi connectivity index (χ3n) is 2.26. The molecule has 1 heterocycles. The molecule has 0 unspecified atom stereocenters. The van der Waals surface area contributed by atoms with Gasteiger partial charge in [0, 0.05) is 0 Å². The monoisotopic (exact) mass is 277 g/mol. The SMILES string of the molecule is C=C/C=C\C(=C(C)C)c1nc(Br)ccc1C. The van der Waals surface area contributed by atoms with Crippen LogP contribution in [0.15, 0.2) is 47.1 Å². The van der Waals surface area contributed by atoms with Crippen molar-refractivity contribution in [2.75, 3.05) is 0 Å². The van der Waals surface area contributed by atoms with Crippen LogP contribution in [0, 0.1) is 6.92 Å². The summed E-state index contributed by atoms with van der Waals surface area (Å²) in [5, 5.41) is 0. The molecule has 84 valence electrons. The van der Waals surface area contributed by atoms with Crippen LogP contribution < -0.4 is 0 Å². The van der Waals surface area contributed by atoms with E-state index in [0.717, 1.165) is 15.9 Å². The number of rotatable bonds is 3. The number of halogens is 1. The van der Waals surface area contributed by atoms with Crippen LogP contribution in [0.4, 0.5) is 0 Å². The lowest BCUT2D eigenvalue weighted by atomic mass is 10.0. The summed E-state index contributed by atoms with van der Waals surface area (Å²) in [6, 6.07) is 4.02. The molecule has 0 atom stereocenters. The molecule has 0 radical (unpaired) electrons. The second-order valence-corrected chi connectivity index (χ2v) is 4.62. The maximum absolute atomic E-state index is 4.52. The molecule has 0 fully saturated rings. The van der Waals surface area contributed by atoms with Crippen molar-refractivity contribution in [2.24, 2.45) is 0 Å². The first-order valence-corrected chi connectivity index (χ1v) is 5.95.